The zero-order chi connectivity index (χ0) is 13.7. The van der Waals surface area contributed by atoms with Crippen LogP contribution in [0.2, 0.25) is 5.15 Å². The Hall–Kier alpha value is -2.11. The molecule has 5 nitrogen and oxygen atoms in total. The Balaban J connectivity index is 2.23. The molecule has 6 heteroatoms. The standard InChI is InChI=1S/C13H12ClN5/c14-13-10(4-7-19-5-2-1-3-6-19)17-11(8-15)12(9-16)18-13/h4,7H,1-3,5-6H2/b7-4+. The fourth-order valence-electron chi connectivity index (χ4n) is 1.93. The molecule has 0 aromatic carbocycles. The summed E-state index contributed by atoms with van der Waals surface area (Å²) in [6.07, 6.45) is 7.28. The lowest BCUT2D eigenvalue weighted by Crippen LogP contribution is -2.24. The molecule has 1 aromatic rings. The van der Waals surface area contributed by atoms with Gasteiger partial charge in [-0.25, -0.2) is 9.97 Å². The first-order valence-corrected chi connectivity index (χ1v) is 6.42. The highest BCUT2D eigenvalue weighted by molar-refractivity contribution is 6.30. The molecule has 0 N–H and O–H groups in total. The molecule has 0 spiro atoms. The molecule has 2 rings (SSSR count). The van der Waals surface area contributed by atoms with Crippen LogP contribution in [0.15, 0.2) is 6.20 Å². The summed E-state index contributed by atoms with van der Waals surface area (Å²) in [5, 5.41) is 17.9. The fourth-order valence-corrected chi connectivity index (χ4v) is 2.12. The van der Waals surface area contributed by atoms with Gasteiger partial charge in [0.15, 0.2) is 16.5 Å². The monoisotopic (exact) mass is 273 g/mol. The molecule has 2 heterocycles. The quantitative estimate of drug-likeness (QED) is 0.826. The van der Waals surface area contributed by atoms with Crippen LogP contribution < -0.4 is 0 Å². The Kier molecular flexibility index (Phi) is 4.33. The first-order valence-electron chi connectivity index (χ1n) is 6.04. The number of hydrogen-bond donors (Lipinski definition) is 0. The van der Waals surface area contributed by atoms with Crippen LogP contribution >= 0.6 is 11.6 Å². The van der Waals surface area contributed by atoms with Gasteiger partial charge in [-0.05, 0) is 25.3 Å². The summed E-state index contributed by atoms with van der Waals surface area (Å²) in [5.41, 5.74) is 0.385. The maximum Gasteiger partial charge on any atom is 0.178 e. The van der Waals surface area contributed by atoms with Gasteiger partial charge in [0.05, 0.1) is 0 Å². The van der Waals surface area contributed by atoms with Crippen molar-refractivity contribution in [3.05, 3.63) is 28.4 Å². The number of halogens is 1. The van der Waals surface area contributed by atoms with Crippen LogP contribution in [0.1, 0.15) is 36.3 Å². The SMILES string of the molecule is N#Cc1nc(Cl)c(/C=C/N2CCCCC2)nc1C#N. The number of hydrogen-bond acceptors (Lipinski definition) is 5. The van der Waals surface area contributed by atoms with Crippen molar-refractivity contribution in [2.45, 2.75) is 19.3 Å². The lowest BCUT2D eigenvalue weighted by atomic mass is 10.1. The highest BCUT2D eigenvalue weighted by Gasteiger charge is 2.11. The second-order valence-electron chi connectivity index (χ2n) is 4.23. The average Bonchev–Trinajstić information content (AvgIpc) is 2.46. The van der Waals surface area contributed by atoms with Gasteiger partial charge in [-0.3, -0.25) is 0 Å². The van der Waals surface area contributed by atoms with Crippen molar-refractivity contribution >= 4 is 17.7 Å². The third-order valence-corrected chi connectivity index (χ3v) is 3.20. The summed E-state index contributed by atoms with van der Waals surface area (Å²) >= 11 is 5.95. The first-order chi connectivity index (χ1) is 9.24. The van der Waals surface area contributed by atoms with Crippen LogP contribution in [0.3, 0.4) is 0 Å². The minimum Gasteiger partial charge on any atom is -0.377 e. The molecule has 0 aliphatic carbocycles. The molecule has 1 aromatic heterocycles. The minimum atomic E-state index is -0.0392. The molecule has 0 atom stereocenters. The van der Waals surface area contributed by atoms with Gasteiger partial charge < -0.3 is 4.90 Å². The number of nitrogens with zero attached hydrogens (tertiary/aromatic N) is 5. The molecule has 19 heavy (non-hydrogen) atoms. The highest BCUT2D eigenvalue weighted by Crippen LogP contribution is 2.16. The van der Waals surface area contributed by atoms with E-state index in [-0.39, 0.29) is 16.5 Å². The van der Waals surface area contributed by atoms with Gasteiger partial charge >= 0.3 is 0 Å². The predicted molar refractivity (Wildman–Crippen MR) is 70.9 cm³/mol. The van der Waals surface area contributed by atoms with Gasteiger partial charge in [0.1, 0.15) is 17.8 Å². The molecule has 1 saturated heterocycles. The maximum atomic E-state index is 8.90. The van der Waals surface area contributed by atoms with E-state index in [1.807, 2.05) is 12.3 Å². The number of rotatable bonds is 2. The molecule has 0 amide bonds. The van der Waals surface area contributed by atoms with E-state index in [4.69, 9.17) is 22.1 Å². The maximum absolute atomic E-state index is 8.90. The van der Waals surface area contributed by atoms with E-state index in [0.29, 0.717) is 5.69 Å². The van der Waals surface area contributed by atoms with Crippen LogP contribution in [0.4, 0.5) is 0 Å². The van der Waals surface area contributed by atoms with Gasteiger partial charge in [0.25, 0.3) is 0 Å². The Morgan fingerprint density at radius 1 is 1.05 bits per heavy atom. The molecule has 1 aliphatic heterocycles. The highest BCUT2D eigenvalue weighted by atomic mass is 35.5. The number of piperidine rings is 1. The number of likely N-dealkylation sites (tertiary alicyclic amines) is 1. The van der Waals surface area contributed by atoms with Gasteiger partial charge in [-0.1, -0.05) is 11.6 Å². The van der Waals surface area contributed by atoms with Gasteiger partial charge in [-0.2, -0.15) is 10.5 Å². The fraction of sp³-hybridized carbons (Fsp3) is 0.385. The normalized spacial score (nSPS) is 15.2. The van der Waals surface area contributed by atoms with Crippen LogP contribution in [-0.4, -0.2) is 28.0 Å². The number of aromatic nitrogens is 2. The van der Waals surface area contributed by atoms with E-state index in [1.165, 1.54) is 19.3 Å². The minimum absolute atomic E-state index is 0.00481. The van der Waals surface area contributed by atoms with E-state index in [9.17, 15) is 0 Å². The Morgan fingerprint density at radius 2 is 1.68 bits per heavy atom. The van der Waals surface area contributed by atoms with Crippen LogP contribution in [0.5, 0.6) is 0 Å². The molecule has 0 radical (unpaired) electrons. The molecule has 96 valence electrons. The third kappa shape index (κ3) is 3.21. The van der Waals surface area contributed by atoms with E-state index < -0.39 is 0 Å². The van der Waals surface area contributed by atoms with Crippen molar-refractivity contribution in [2.24, 2.45) is 0 Å². The smallest absolute Gasteiger partial charge is 0.178 e. The Bertz CT molecular complexity index is 576. The summed E-state index contributed by atoms with van der Waals surface area (Å²) in [5.74, 6) is 0. The van der Waals surface area contributed by atoms with Crippen molar-refractivity contribution in [3.63, 3.8) is 0 Å². The molecule has 1 aliphatic rings. The molecule has 1 fully saturated rings. The van der Waals surface area contributed by atoms with Gasteiger partial charge in [-0.15, -0.1) is 0 Å². The van der Waals surface area contributed by atoms with Crippen LogP contribution in [-0.2, 0) is 0 Å². The van der Waals surface area contributed by atoms with Crippen molar-refractivity contribution in [2.75, 3.05) is 13.1 Å². The molecule has 0 saturated carbocycles. The summed E-state index contributed by atoms with van der Waals surface area (Å²) in [6.45, 7) is 2.03. The largest absolute Gasteiger partial charge is 0.377 e. The van der Waals surface area contributed by atoms with Gasteiger partial charge in [0.2, 0.25) is 0 Å². The van der Waals surface area contributed by atoms with Crippen molar-refractivity contribution in [1.82, 2.24) is 14.9 Å². The molecular weight excluding hydrogens is 262 g/mol. The Labute approximate surface area is 116 Å². The summed E-state index contributed by atoms with van der Waals surface area (Å²) in [7, 11) is 0. The Morgan fingerprint density at radius 3 is 2.32 bits per heavy atom. The van der Waals surface area contributed by atoms with Crippen LogP contribution in [0.25, 0.3) is 6.08 Å². The van der Waals surface area contributed by atoms with Crippen molar-refractivity contribution < 1.29 is 0 Å². The van der Waals surface area contributed by atoms with E-state index in [1.54, 1.807) is 12.1 Å². The number of nitriles is 2. The summed E-state index contributed by atoms with van der Waals surface area (Å²) < 4.78 is 0. The summed E-state index contributed by atoms with van der Waals surface area (Å²) in [4.78, 5) is 10.1. The van der Waals surface area contributed by atoms with E-state index in [0.717, 1.165) is 13.1 Å². The molecule has 0 bridgehead atoms. The zero-order valence-electron chi connectivity index (χ0n) is 10.3. The van der Waals surface area contributed by atoms with E-state index in [2.05, 4.69) is 14.9 Å². The average molecular weight is 274 g/mol. The second kappa shape index (κ2) is 6.17. The van der Waals surface area contributed by atoms with E-state index >= 15 is 0 Å². The van der Waals surface area contributed by atoms with Crippen LogP contribution in [0, 0.1) is 22.7 Å². The van der Waals surface area contributed by atoms with Crippen molar-refractivity contribution in [1.29, 1.82) is 10.5 Å². The molecule has 0 unspecified atom stereocenters. The molecular formula is C13H12ClN5. The third-order valence-electron chi connectivity index (χ3n) is 2.92. The lowest BCUT2D eigenvalue weighted by molar-refractivity contribution is 0.311. The predicted octanol–water partition coefficient (Wildman–Crippen LogP) is 2.33. The lowest BCUT2D eigenvalue weighted by Gasteiger charge is -2.24. The summed E-state index contributed by atoms with van der Waals surface area (Å²) in [6, 6.07) is 3.65. The van der Waals surface area contributed by atoms with Gasteiger partial charge in [0, 0.05) is 19.3 Å². The van der Waals surface area contributed by atoms with Crippen molar-refractivity contribution in [3.8, 4) is 12.1 Å². The topological polar surface area (TPSA) is 76.6 Å². The first kappa shape index (κ1) is 13.3. The zero-order valence-corrected chi connectivity index (χ0v) is 11.1. The second-order valence-corrected chi connectivity index (χ2v) is 4.59.